The predicted molar refractivity (Wildman–Crippen MR) is 91.3 cm³/mol. The van der Waals surface area contributed by atoms with Crippen molar-refractivity contribution in [1.29, 1.82) is 0 Å². The molecule has 0 aliphatic rings. The molecule has 2 unspecified atom stereocenters. The summed E-state index contributed by atoms with van der Waals surface area (Å²) < 4.78 is 0. The Morgan fingerprint density at radius 2 is 1.95 bits per heavy atom. The van der Waals surface area contributed by atoms with Crippen molar-refractivity contribution in [2.75, 3.05) is 5.32 Å². The standard InChI is InChI=1S/C14H18Cl2N2O3.ClH/c1-3-5-11(14(20)21)17-8(2)13(19)18-10-7-4-6-9(15)12(10)16;/h4,6-8,11,17H,3,5H2,1-2H3,(H,18,19)(H,20,21);1H. The summed E-state index contributed by atoms with van der Waals surface area (Å²) in [5.41, 5.74) is 0.394. The van der Waals surface area contributed by atoms with Gasteiger partial charge in [-0.25, -0.2) is 0 Å². The monoisotopic (exact) mass is 368 g/mol. The molecule has 0 fully saturated rings. The average molecular weight is 370 g/mol. The van der Waals surface area contributed by atoms with Gasteiger partial charge in [-0.2, -0.15) is 0 Å². The number of carbonyl (C=O) groups excluding carboxylic acids is 1. The molecule has 8 heteroatoms. The zero-order valence-electron chi connectivity index (χ0n) is 12.2. The second-order valence-electron chi connectivity index (χ2n) is 4.66. The number of benzene rings is 1. The van der Waals surface area contributed by atoms with Crippen LogP contribution in [0.1, 0.15) is 26.7 Å². The van der Waals surface area contributed by atoms with E-state index < -0.39 is 18.1 Å². The van der Waals surface area contributed by atoms with E-state index in [0.717, 1.165) is 0 Å². The van der Waals surface area contributed by atoms with Crippen LogP contribution in [-0.2, 0) is 9.59 Å². The zero-order valence-corrected chi connectivity index (χ0v) is 14.6. The van der Waals surface area contributed by atoms with Crippen LogP contribution in [0, 0.1) is 0 Å². The molecule has 2 atom stereocenters. The van der Waals surface area contributed by atoms with Gasteiger partial charge in [0, 0.05) is 0 Å². The highest BCUT2D eigenvalue weighted by molar-refractivity contribution is 6.44. The van der Waals surface area contributed by atoms with Gasteiger partial charge in [0.25, 0.3) is 0 Å². The number of halogens is 3. The fourth-order valence-corrected chi connectivity index (χ4v) is 2.13. The quantitative estimate of drug-likeness (QED) is 0.686. The molecule has 0 bridgehead atoms. The van der Waals surface area contributed by atoms with Crippen molar-refractivity contribution in [1.82, 2.24) is 5.32 Å². The lowest BCUT2D eigenvalue weighted by atomic mass is 10.1. The van der Waals surface area contributed by atoms with Crippen molar-refractivity contribution in [3.8, 4) is 0 Å². The summed E-state index contributed by atoms with van der Waals surface area (Å²) in [4.78, 5) is 23.1. The van der Waals surface area contributed by atoms with Crippen LogP contribution < -0.4 is 10.6 Å². The third kappa shape index (κ3) is 6.01. The molecule has 1 aromatic rings. The van der Waals surface area contributed by atoms with Crippen LogP contribution in [0.3, 0.4) is 0 Å². The number of nitrogens with one attached hydrogen (secondary N) is 2. The minimum atomic E-state index is -0.975. The number of amides is 1. The lowest BCUT2D eigenvalue weighted by Crippen LogP contribution is -2.47. The highest BCUT2D eigenvalue weighted by atomic mass is 35.5. The van der Waals surface area contributed by atoms with E-state index in [1.54, 1.807) is 25.1 Å². The van der Waals surface area contributed by atoms with Gasteiger partial charge in [0.2, 0.25) is 5.91 Å². The highest BCUT2D eigenvalue weighted by Crippen LogP contribution is 2.29. The number of hydrogen-bond acceptors (Lipinski definition) is 3. The molecule has 0 saturated carbocycles. The Morgan fingerprint density at radius 3 is 2.50 bits per heavy atom. The van der Waals surface area contributed by atoms with Crippen molar-refractivity contribution < 1.29 is 14.7 Å². The van der Waals surface area contributed by atoms with Gasteiger partial charge in [-0.3, -0.25) is 14.9 Å². The van der Waals surface area contributed by atoms with Crippen molar-refractivity contribution in [2.24, 2.45) is 0 Å². The van der Waals surface area contributed by atoms with E-state index in [-0.39, 0.29) is 23.3 Å². The number of rotatable bonds is 7. The van der Waals surface area contributed by atoms with Crippen LogP contribution in [0.25, 0.3) is 0 Å². The molecule has 22 heavy (non-hydrogen) atoms. The second-order valence-corrected chi connectivity index (χ2v) is 5.44. The summed E-state index contributed by atoms with van der Waals surface area (Å²) in [6, 6.07) is 3.47. The average Bonchev–Trinajstić information content (AvgIpc) is 2.43. The Balaban J connectivity index is 0.00000441. The van der Waals surface area contributed by atoms with Gasteiger partial charge in [0.15, 0.2) is 0 Å². The van der Waals surface area contributed by atoms with E-state index in [9.17, 15) is 9.59 Å². The van der Waals surface area contributed by atoms with Gasteiger partial charge in [-0.05, 0) is 25.5 Å². The molecule has 0 aliphatic heterocycles. The smallest absolute Gasteiger partial charge is 0.320 e. The Labute approximate surface area is 145 Å². The first-order chi connectivity index (χ1) is 9.86. The maximum Gasteiger partial charge on any atom is 0.320 e. The third-order valence-electron chi connectivity index (χ3n) is 2.93. The lowest BCUT2D eigenvalue weighted by Gasteiger charge is -2.19. The highest BCUT2D eigenvalue weighted by Gasteiger charge is 2.22. The molecular formula is C14H19Cl3N2O3. The van der Waals surface area contributed by atoms with Crippen molar-refractivity contribution in [2.45, 2.75) is 38.8 Å². The summed E-state index contributed by atoms with van der Waals surface area (Å²) in [7, 11) is 0. The van der Waals surface area contributed by atoms with Gasteiger partial charge in [0.1, 0.15) is 6.04 Å². The van der Waals surface area contributed by atoms with Gasteiger partial charge >= 0.3 is 5.97 Å². The van der Waals surface area contributed by atoms with Crippen LogP contribution in [0.5, 0.6) is 0 Å². The van der Waals surface area contributed by atoms with E-state index in [1.807, 2.05) is 6.92 Å². The molecule has 0 saturated heterocycles. The molecule has 0 spiro atoms. The first-order valence-electron chi connectivity index (χ1n) is 6.60. The summed E-state index contributed by atoms with van der Waals surface area (Å²) in [5, 5.41) is 15.1. The van der Waals surface area contributed by atoms with E-state index in [2.05, 4.69) is 10.6 Å². The van der Waals surface area contributed by atoms with Gasteiger partial charge < -0.3 is 10.4 Å². The van der Waals surface area contributed by atoms with E-state index in [0.29, 0.717) is 23.6 Å². The van der Waals surface area contributed by atoms with Crippen LogP contribution in [0.2, 0.25) is 10.0 Å². The van der Waals surface area contributed by atoms with Gasteiger partial charge in [0.05, 0.1) is 21.8 Å². The minimum Gasteiger partial charge on any atom is -0.480 e. The second kappa shape index (κ2) is 9.90. The van der Waals surface area contributed by atoms with Crippen molar-refractivity contribution in [3.05, 3.63) is 28.2 Å². The maximum atomic E-state index is 12.1. The number of carboxylic acids is 1. The number of carboxylic acid groups (broad SMARTS) is 1. The largest absolute Gasteiger partial charge is 0.480 e. The summed E-state index contributed by atoms with van der Waals surface area (Å²) in [6.07, 6.45) is 1.16. The van der Waals surface area contributed by atoms with Crippen LogP contribution in [0.4, 0.5) is 5.69 Å². The first-order valence-corrected chi connectivity index (χ1v) is 7.36. The molecule has 0 radical (unpaired) electrons. The normalized spacial score (nSPS) is 12.9. The first kappa shape index (κ1) is 21.0. The lowest BCUT2D eigenvalue weighted by molar-refractivity contribution is -0.140. The predicted octanol–water partition coefficient (Wildman–Crippen LogP) is 3.59. The molecule has 0 heterocycles. The fourth-order valence-electron chi connectivity index (χ4n) is 1.79. The van der Waals surface area contributed by atoms with E-state index in [4.69, 9.17) is 28.3 Å². The summed E-state index contributed by atoms with van der Waals surface area (Å²) >= 11 is 11.9. The molecule has 0 aromatic heterocycles. The van der Waals surface area contributed by atoms with Crippen LogP contribution in [-0.4, -0.2) is 29.1 Å². The molecule has 124 valence electrons. The van der Waals surface area contributed by atoms with E-state index >= 15 is 0 Å². The van der Waals surface area contributed by atoms with Crippen LogP contribution in [0.15, 0.2) is 18.2 Å². The third-order valence-corrected chi connectivity index (χ3v) is 3.75. The summed E-state index contributed by atoms with van der Waals surface area (Å²) in [6.45, 7) is 3.48. The van der Waals surface area contributed by atoms with Crippen molar-refractivity contribution in [3.63, 3.8) is 0 Å². The molecule has 1 amide bonds. The Hall–Kier alpha value is -1.01. The van der Waals surface area contributed by atoms with E-state index in [1.165, 1.54) is 0 Å². The zero-order chi connectivity index (χ0) is 16.0. The molecule has 1 aromatic carbocycles. The van der Waals surface area contributed by atoms with Gasteiger partial charge in [-0.15, -0.1) is 12.4 Å². The molecule has 3 N–H and O–H groups in total. The number of hydrogen-bond donors (Lipinski definition) is 3. The number of aliphatic carboxylic acids is 1. The maximum absolute atomic E-state index is 12.1. The molecule has 1 rings (SSSR count). The minimum absolute atomic E-state index is 0. The number of carbonyl (C=O) groups is 2. The topological polar surface area (TPSA) is 78.4 Å². The van der Waals surface area contributed by atoms with Crippen LogP contribution >= 0.6 is 35.6 Å². The molecule has 0 aliphatic carbocycles. The fraction of sp³-hybridized carbons (Fsp3) is 0.429. The molecule has 5 nitrogen and oxygen atoms in total. The Bertz CT molecular complexity index is 526. The molecular weight excluding hydrogens is 351 g/mol. The Morgan fingerprint density at radius 1 is 1.32 bits per heavy atom. The summed E-state index contributed by atoms with van der Waals surface area (Å²) in [5.74, 6) is -1.35. The van der Waals surface area contributed by atoms with Gasteiger partial charge in [-0.1, -0.05) is 42.6 Å². The number of anilines is 1. The van der Waals surface area contributed by atoms with Crippen molar-refractivity contribution >= 4 is 53.2 Å². The SMILES string of the molecule is CCCC(NC(C)C(=O)Nc1cccc(Cl)c1Cl)C(=O)O.Cl. The Kier molecular flexibility index (Phi) is 9.44.